The van der Waals surface area contributed by atoms with Gasteiger partial charge in [0, 0.05) is 49.9 Å². The van der Waals surface area contributed by atoms with Crippen LogP contribution in [0.3, 0.4) is 0 Å². The largest absolute Gasteiger partial charge is 0.676 e. The Labute approximate surface area is 118 Å². The van der Waals surface area contributed by atoms with Gasteiger partial charge < -0.3 is 5.73 Å². The molecule has 2 rings (SSSR count). The van der Waals surface area contributed by atoms with Crippen LogP contribution in [0.4, 0.5) is 22.0 Å². The molecule has 0 unspecified atom stereocenters. The highest BCUT2D eigenvalue weighted by atomic mass is 19.4. The number of likely N-dealkylation sites (tertiary alicyclic amines) is 1. The fourth-order valence-corrected chi connectivity index (χ4v) is 2.28. The van der Waals surface area contributed by atoms with Crippen molar-refractivity contribution in [3.05, 3.63) is 29.5 Å². The summed E-state index contributed by atoms with van der Waals surface area (Å²) >= 11 is 0. The van der Waals surface area contributed by atoms with Gasteiger partial charge in [-0.1, -0.05) is 0 Å². The smallest absolute Gasteiger partial charge is 0.451 e. The molecule has 0 aliphatic carbocycles. The molecular weight excluding hydrogens is 295 g/mol. The number of rotatable bonds is 3. The van der Waals surface area contributed by atoms with Crippen molar-refractivity contribution in [2.45, 2.75) is 31.0 Å². The summed E-state index contributed by atoms with van der Waals surface area (Å²) in [5, 5.41) is 0. The van der Waals surface area contributed by atoms with Crippen LogP contribution in [0.1, 0.15) is 30.3 Å². The Morgan fingerprint density at radius 1 is 1.19 bits per heavy atom. The van der Waals surface area contributed by atoms with E-state index in [1.165, 1.54) is 0 Å². The van der Waals surface area contributed by atoms with Crippen LogP contribution >= 0.6 is 0 Å². The van der Waals surface area contributed by atoms with E-state index in [2.05, 4.69) is 9.97 Å². The van der Waals surface area contributed by atoms with Gasteiger partial charge in [0.25, 0.3) is 5.92 Å². The lowest BCUT2D eigenvalue weighted by Crippen LogP contribution is -2.42. The molecule has 0 spiro atoms. The number of piperidine rings is 1. The van der Waals surface area contributed by atoms with Crippen LogP contribution in [0.2, 0.25) is 0 Å². The second-order valence-corrected chi connectivity index (χ2v) is 4.95. The van der Waals surface area contributed by atoms with E-state index in [1.54, 1.807) is 4.90 Å². The lowest BCUT2D eigenvalue weighted by Gasteiger charge is -2.38. The van der Waals surface area contributed by atoms with Gasteiger partial charge in [-0.3, -0.25) is 4.90 Å². The Balaban J connectivity index is 2.11. The van der Waals surface area contributed by atoms with E-state index >= 15 is 0 Å². The third-order valence-corrected chi connectivity index (χ3v) is 3.47. The molecule has 2 heterocycles. The molecule has 118 valence electrons. The van der Waals surface area contributed by atoms with E-state index in [-0.39, 0.29) is 32.5 Å². The molecule has 1 atom stereocenters. The first-order chi connectivity index (χ1) is 9.73. The second kappa shape index (κ2) is 5.80. The fourth-order valence-electron chi connectivity index (χ4n) is 2.28. The zero-order valence-corrected chi connectivity index (χ0v) is 11.0. The van der Waals surface area contributed by atoms with Crippen molar-refractivity contribution < 1.29 is 22.0 Å². The SMILES string of the molecule is [NH-]C[C@@H](c1cnc(C(F)(F)F)nc1)N1CCC(F)(F)CC1. The maximum absolute atomic E-state index is 13.1. The van der Waals surface area contributed by atoms with Crippen LogP contribution in [0.15, 0.2) is 12.4 Å². The van der Waals surface area contributed by atoms with Crippen LogP contribution in [0, 0.1) is 0 Å². The van der Waals surface area contributed by atoms with Crippen LogP contribution in [-0.4, -0.2) is 40.4 Å². The maximum Gasteiger partial charge on any atom is 0.451 e. The van der Waals surface area contributed by atoms with Crippen molar-refractivity contribution in [2.75, 3.05) is 19.6 Å². The maximum atomic E-state index is 13.1. The molecule has 0 bridgehead atoms. The summed E-state index contributed by atoms with van der Waals surface area (Å²) in [5.74, 6) is -3.96. The molecule has 0 radical (unpaired) electrons. The number of aromatic nitrogens is 2. The Morgan fingerprint density at radius 2 is 1.71 bits per heavy atom. The molecule has 1 aromatic rings. The first kappa shape index (κ1) is 16.0. The molecule has 1 N–H and O–H groups in total. The van der Waals surface area contributed by atoms with Gasteiger partial charge in [-0.15, -0.1) is 6.54 Å². The number of hydrogen-bond acceptors (Lipinski definition) is 3. The number of alkyl halides is 5. The molecular formula is C12H14F5N4-. The highest BCUT2D eigenvalue weighted by Gasteiger charge is 2.37. The number of nitrogens with one attached hydrogen (secondary N) is 1. The van der Waals surface area contributed by atoms with Crippen LogP contribution < -0.4 is 0 Å². The highest BCUT2D eigenvalue weighted by molar-refractivity contribution is 5.14. The normalized spacial score (nSPS) is 21.2. The zero-order chi connectivity index (χ0) is 15.7. The Hall–Kier alpha value is -1.35. The molecule has 4 nitrogen and oxygen atoms in total. The zero-order valence-electron chi connectivity index (χ0n) is 11.0. The lowest BCUT2D eigenvalue weighted by atomic mass is 10.0. The van der Waals surface area contributed by atoms with Gasteiger partial charge in [0.2, 0.25) is 5.82 Å². The summed E-state index contributed by atoms with van der Waals surface area (Å²) in [6.07, 6.45) is -3.22. The predicted molar refractivity (Wildman–Crippen MR) is 64.7 cm³/mol. The molecule has 1 aromatic heterocycles. The number of halogens is 5. The summed E-state index contributed by atoms with van der Waals surface area (Å²) < 4.78 is 63.4. The monoisotopic (exact) mass is 309 g/mol. The summed E-state index contributed by atoms with van der Waals surface area (Å²) in [6.45, 7) is 0.0371. The average molecular weight is 309 g/mol. The summed E-state index contributed by atoms with van der Waals surface area (Å²) in [4.78, 5) is 8.16. The third kappa shape index (κ3) is 3.85. The summed E-state index contributed by atoms with van der Waals surface area (Å²) in [7, 11) is 0. The Morgan fingerprint density at radius 3 is 2.14 bits per heavy atom. The first-order valence-electron chi connectivity index (χ1n) is 6.38. The topological polar surface area (TPSA) is 52.8 Å². The van der Waals surface area contributed by atoms with Gasteiger partial charge in [-0.25, -0.2) is 18.7 Å². The summed E-state index contributed by atoms with van der Waals surface area (Å²) in [5.41, 5.74) is 7.84. The predicted octanol–water partition coefficient (Wildman–Crippen LogP) is 3.32. The van der Waals surface area contributed by atoms with Crippen LogP contribution in [-0.2, 0) is 6.18 Å². The fraction of sp³-hybridized carbons (Fsp3) is 0.667. The van der Waals surface area contributed by atoms with E-state index in [9.17, 15) is 22.0 Å². The molecule has 1 aliphatic rings. The number of hydrogen-bond donors (Lipinski definition) is 0. The van der Waals surface area contributed by atoms with Crippen LogP contribution in [0.5, 0.6) is 0 Å². The first-order valence-corrected chi connectivity index (χ1v) is 6.38. The minimum atomic E-state index is -4.62. The standard InChI is InChI=1S/C12H14F5N4/c13-11(14)1-3-21(4-2-11)9(5-18)8-6-19-10(20-7-8)12(15,16)17/h6-7,9,18H,1-5H2/q-1/t9-/m0/s1. The molecule has 0 amide bonds. The van der Waals surface area contributed by atoms with E-state index in [4.69, 9.17) is 5.73 Å². The van der Waals surface area contributed by atoms with Crippen molar-refractivity contribution in [1.29, 1.82) is 0 Å². The molecule has 1 fully saturated rings. The minimum Gasteiger partial charge on any atom is -0.676 e. The molecule has 0 aromatic carbocycles. The third-order valence-electron chi connectivity index (χ3n) is 3.47. The highest BCUT2D eigenvalue weighted by Crippen LogP contribution is 2.33. The molecule has 0 saturated carbocycles. The van der Waals surface area contributed by atoms with Gasteiger partial charge in [0.1, 0.15) is 0 Å². The second-order valence-electron chi connectivity index (χ2n) is 4.95. The average Bonchev–Trinajstić information content (AvgIpc) is 2.41. The van der Waals surface area contributed by atoms with Crippen molar-refractivity contribution in [3.8, 4) is 0 Å². The van der Waals surface area contributed by atoms with Crippen molar-refractivity contribution in [2.24, 2.45) is 0 Å². The Kier molecular flexibility index (Phi) is 4.43. The van der Waals surface area contributed by atoms with Gasteiger partial charge in [0.15, 0.2) is 0 Å². The summed E-state index contributed by atoms with van der Waals surface area (Å²) in [6, 6.07) is -0.566. The molecule has 21 heavy (non-hydrogen) atoms. The van der Waals surface area contributed by atoms with Gasteiger partial charge in [-0.05, 0) is 0 Å². The number of nitrogens with zero attached hydrogens (tertiary/aromatic N) is 3. The van der Waals surface area contributed by atoms with Crippen molar-refractivity contribution in [1.82, 2.24) is 14.9 Å². The van der Waals surface area contributed by atoms with E-state index in [1.807, 2.05) is 0 Å². The Bertz CT molecular complexity index is 464. The molecule has 1 aliphatic heterocycles. The van der Waals surface area contributed by atoms with E-state index < -0.39 is 24.0 Å². The van der Waals surface area contributed by atoms with Gasteiger partial charge >= 0.3 is 6.18 Å². The lowest BCUT2D eigenvalue weighted by molar-refractivity contribution is -0.145. The minimum absolute atomic E-state index is 0.0948. The van der Waals surface area contributed by atoms with Gasteiger partial charge in [-0.2, -0.15) is 13.2 Å². The van der Waals surface area contributed by atoms with Crippen molar-refractivity contribution in [3.63, 3.8) is 0 Å². The van der Waals surface area contributed by atoms with E-state index in [0.29, 0.717) is 5.56 Å². The molecule has 9 heteroatoms. The molecule has 1 saturated heterocycles. The van der Waals surface area contributed by atoms with Gasteiger partial charge in [0.05, 0.1) is 0 Å². The van der Waals surface area contributed by atoms with E-state index in [0.717, 1.165) is 12.4 Å². The quantitative estimate of drug-likeness (QED) is 0.805. The van der Waals surface area contributed by atoms with Crippen molar-refractivity contribution >= 4 is 0 Å². The van der Waals surface area contributed by atoms with Crippen LogP contribution in [0.25, 0.3) is 5.73 Å².